The Kier molecular flexibility index (Phi) is 4.91. The molecule has 1 N–H and O–H groups in total. The van der Waals surface area contributed by atoms with Crippen molar-refractivity contribution in [3.05, 3.63) is 53.3 Å². The lowest BCUT2D eigenvalue weighted by Gasteiger charge is -2.16. The van der Waals surface area contributed by atoms with Crippen molar-refractivity contribution in [2.24, 2.45) is 5.92 Å². The summed E-state index contributed by atoms with van der Waals surface area (Å²) in [5, 5.41) is 17.4. The Morgan fingerprint density at radius 2 is 1.96 bits per heavy atom. The van der Waals surface area contributed by atoms with Crippen LogP contribution in [0.2, 0.25) is 0 Å². The molecular weight excluding hydrogens is 390 g/mol. The van der Waals surface area contributed by atoms with Gasteiger partial charge in [0.25, 0.3) is 0 Å². The second-order valence-electron chi connectivity index (χ2n) is 5.56. The Morgan fingerprint density at radius 3 is 2.58 bits per heavy atom. The van der Waals surface area contributed by atoms with Crippen LogP contribution < -0.4 is 0 Å². The molecule has 1 aromatic heterocycles. The van der Waals surface area contributed by atoms with Gasteiger partial charge in [-0.2, -0.15) is 0 Å². The average Bonchev–Trinajstić information content (AvgIpc) is 3.35. The molecule has 1 saturated carbocycles. The molecule has 1 aromatic carbocycles. The summed E-state index contributed by atoms with van der Waals surface area (Å²) in [6.07, 6.45) is 2.35. The molecule has 0 aliphatic heterocycles. The van der Waals surface area contributed by atoms with Crippen LogP contribution in [0.25, 0.3) is 11.3 Å². The van der Waals surface area contributed by atoms with E-state index in [4.69, 9.17) is 5.11 Å². The molecule has 1 fully saturated rings. The fraction of sp³-hybridized carbons (Fsp3) is 0.235. The number of hydrogen-bond donors (Lipinski definition) is 1. The van der Waals surface area contributed by atoms with Crippen LogP contribution in [-0.4, -0.2) is 31.6 Å². The number of aliphatic carboxylic acids is 1. The van der Waals surface area contributed by atoms with Crippen LogP contribution in [0.1, 0.15) is 24.0 Å². The molecule has 0 spiro atoms. The minimum Gasteiger partial charge on any atom is -0.481 e. The first-order chi connectivity index (χ1) is 11.5. The number of thioether (sulfide) groups is 1. The number of carbonyl (C=O) groups is 1. The van der Waals surface area contributed by atoms with Gasteiger partial charge in [-0.15, -0.1) is 10.2 Å². The topological polar surface area (TPSA) is 68.0 Å². The number of aromatic nitrogens is 3. The molecule has 0 bridgehead atoms. The summed E-state index contributed by atoms with van der Waals surface area (Å²) in [5.74, 6) is -0.447. The van der Waals surface area contributed by atoms with Gasteiger partial charge in [-0.05, 0) is 45.8 Å². The summed E-state index contributed by atoms with van der Waals surface area (Å²) in [4.78, 5) is 10.8. The molecule has 3 rings (SSSR count). The molecule has 0 saturated heterocycles. The Hall–Kier alpha value is -1.86. The molecule has 124 valence electrons. The van der Waals surface area contributed by atoms with Gasteiger partial charge in [0, 0.05) is 5.56 Å². The van der Waals surface area contributed by atoms with Crippen LogP contribution in [0.4, 0.5) is 0 Å². The van der Waals surface area contributed by atoms with Gasteiger partial charge in [0.1, 0.15) is 0 Å². The van der Waals surface area contributed by atoms with Crippen molar-refractivity contribution < 1.29 is 9.90 Å². The maximum Gasteiger partial charge on any atom is 0.313 e. The molecule has 5 nitrogen and oxygen atoms in total. The summed E-state index contributed by atoms with van der Waals surface area (Å²) in [5.41, 5.74) is 3.83. The Bertz CT molecular complexity index is 827. The molecule has 0 radical (unpaired) electrons. The van der Waals surface area contributed by atoms with E-state index < -0.39 is 5.97 Å². The number of nitrogens with zero attached hydrogens (tertiary/aromatic N) is 3. The number of hydrogen-bond acceptors (Lipinski definition) is 4. The Labute approximate surface area is 152 Å². The molecule has 1 aliphatic carbocycles. The predicted octanol–water partition coefficient (Wildman–Crippen LogP) is 4.16. The van der Waals surface area contributed by atoms with Gasteiger partial charge >= 0.3 is 5.97 Å². The summed E-state index contributed by atoms with van der Waals surface area (Å²) in [6, 6.07) is 7.97. The molecule has 0 unspecified atom stereocenters. The first kappa shape index (κ1) is 17.0. The van der Waals surface area contributed by atoms with Gasteiger partial charge in [0.05, 0.1) is 11.4 Å². The van der Waals surface area contributed by atoms with E-state index in [9.17, 15) is 4.79 Å². The van der Waals surface area contributed by atoms with E-state index in [2.05, 4.69) is 39.3 Å². The molecule has 0 atom stereocenters. The van der Waals surface area contributed by atoms with Crippen molar-refractivity contribution in [1.82, 2.24) is 14.8 Å². The van der Waals surface area contributed by atoms with Crippen molar-refractivity contribution in [1.29, 1.82) is 0 Å². The fourth-order valence-corrected chi connectivity index (χ4v) is 3.74. The minimum atomic E-state index is -0.904. The minimum absolute atomic E-state index is 0.0884. The molecular formula is C17H16BrN3O2S. The van der Waals surface area contributed by atoms with Crippen molar-refractivity contribution >= 4 is 44.9 Å². The van der Waals surface area contributed by atoms with E-state index in [1.807, 2.05) is 24.3 Å². The molecule has 2 aromatic rings. The van der Waals surface area contributed by atoms with Crippen LogP contribution >= 0.6 is 27.7 Å². The van der Waals surface area contributed by atoms with Crippen LogP contribution in [0, 0.1) is 5.92 Å². The third-order valence-corrected chi connectivity index (χ3v) is 5.27. The standard InChI is InChI=1S/C17H16BrN3O2S/c1-10(12-7-8-12)13-5-3-4-6-14(13)11(2)21-16(18)19-20-17(21)24-9-15(22)23/h3-6,12H,1-2,7-9H2,(H,22,23). The molecule has 1 aliphatic rings. The maximum absolute atomic E-state index is 10.8. The summed E-state index contributed by atoms with van der Waals surface area (Å²) >= 11 is 4.48. The molecule has 1 heterocycles. The molecule has 24 heavy (non-hydrogen) atoms. The summed E-state index contributed by atoms with van der Waals surface area (Å²) in [7, 11) is 0. The first-order valence-electron chi connectivity index (χ1n) is 7.42. The number of halogens is 1. The lowest BCUT2D eigenvalue weighted by molar-refractivity contribution is -0.133. The van der Waals surface area contributed by atoms with E-state index in [1.165, 1.54) is 12.8 Å². The van der Waals surface area contributed by atoms with E-state index >= 15 is 0 Å². The summed E-state index contributed by atoms with van der Waals surface area (Å²) in [6.45, 7) is 8.43. The van der Waals surface area contributed by atoms with E-state index in [0.717, 1.165) is 28.5 Å². The van der Waals surface area contributed by atoms with Gasteiger partial charge in [0.15, 0.2) is 5.16 Å². The summed E-state index contributed by atoms with van der Waals surface area (Å²) < 4.78 is 2.22. The SMILES string of the molecule is C=C(c1ccccc1C(=C)n1c(Br)nnc1SCC(=O)O)C1CC1. The predicted molar refractivity (Wildman–Crippen MR) is 98.7 cm³/mol. The number of benzene rings is 1. The smallest absolute Gasteiger partial charge is 0.313 e. The number of allylic oxidation sites excluding steroid dienone is 1. The first-order valence-corrected chi connectivity index (χ1v) is 9.20. The Balaban J connectivity index is 1.97. The quantitative estimate of drug-likeness (QED) is 0.700. The highest BCUT2D eigenvalue weighted by Crippen LogP contribution is 2.43. The lowest BCUT2D eigenvalue weighted by Crippen LogP contribution is -2.05. The van der Waals surface area contributed by atoms with E-state index in [-0.39, 0.29) is 5.75 Å². The van der Waals surface area contributed by atoms with Crippen LogP contribution in [0.15, 0.2) is 47.3 Å². The fourth-order valence-electron chi connectivity index (χ4n) is 2.49. The zero-order valence-electron chi connectivity index (χ0n) is 12.9. The second kappa shape index (κ2) is 6.94. The largest absolute Gasteiger partial charge is 0.481 e. The normalized spacial score (nSPS) is 13.7. The maximum atomic E-state index is 10.8. The van der Waals surface area contributed by atoms with Crippen LogP contribution in [0.5, 0.6) is 0 Å². The number of carboxylic acids is 1. The monoisotopic (exact) mass is 405 g/mol. The van der Waals surface area contributed by atoms with Crippen molar-refractivity contribution in [2.75, 3.05) is 5.75 Å². The lowest BCUT2D eigenvalue weighted by atomic mass is 9.96. The highest BCUT2D eigenvalue weighted by atomic mass is 79.9. The Morgan fingerprint density at radius 1 is 1.29 bits per heavy atom. The van der Waals surface area contributed by atoms with Crippen molar-refractivity contribution in [3.8, 4) is 0 Å². The van der Waals surface area contributed by atoms with Gasteiger partial charge < -0.3 is 5.11 Å². The highest BCUT2D eigenvalue weighted by Gasteiger charge is 2.27. The van der Waals surface area contributed by atoms with E-state index in [0.29, 0.717) is 21.5 Å². The molecule has 0 amide bonds. The van der Waals surface area contributed by atoms with Crippen molar-refractivity contribution in [2.45, 2.75) is 18.0 Å². The third-order valence-electron chi connectivity index (χ3n) is 3.84. The van der Waals surface area contributed by atoms with Crippen LogP contribution in [-0.2, 0) is 4.79 Å². The zero-order chi connectivity index (χ0) is 17.3. The number of rotatable bonds is 7. The van der Waals surface area contributed by atoms with Crippen molar-refractivity contribution in [3.63, 3.8) is 0 Å². The molecule has 7 heteroatoms. The second-order valence-corrected chi connectivity index (χ2v) is 7.21. The van der Waals surface area contributed by atoms with Gasteiger partial charge in [-0.1, -0.05) is 49.2 Å². The highest BCUT2D eigenvalue weighted by molar-refractivity contribution is 9.10. The van der Waals surface area contributed by atoms with Gasteiger partial charge in [0.2, 0.25) is 4.73 Å². The van der Waals surface area contributed by atoms with E-state index in [1.54, 1.807) is 4.57 Å². The van der Waals surface area contributed by atoms with Gasteiger partial charge in [-0.25, -0.2) is 0 Å². The number of carboxylic acid groups (broad SMARTS) is 1. The van der Waals surface area contributed by atoms with Crippen LogP contribution in [0.3, 0.4) is 0 Å². The average molecular weight is 406 g/mol. The third kappa shape index (κ3) is 3.47. The zero-order valence-corrected chi connectivity index (χ0v) is 15.3. The van der Waals surface area contributed by atoms with Gasteiger partial charge in [-0.3, -0.25) is 9.36 Å².